The average Bonchev–Trinajstić information content (AvgIpc) is 3.12. The molecule has 0 N–H and O–H groups in total. The molecule has 0 aliphatic heterocycles. The van der Waals surface area contributed by atoms with Gasteiger partial charge in [0.15, 0.2) is 5.65 Å². The number of aryl methyl sites for hydroxylation is 2. The molecule has 0 aliphatic carbocycles. The highest BCUT2D eigenvalue weighted by molar-refractivity contribution is 6.03. The lowest BCUT2D eigenvalue weighted by Crippen LogP contribution is -2.17. The Morgan fingerprint density at radius 3 is 2.31 bits per heavy atom. The lowest BCUT2D eigenvalue weighted by Gasteiger charge is -2.17. The quantitative estimate of drug-likeness (QED) is 0.614. The SMILES string of the molecule is CCc1nc2c(C)ccnc2n1-c1c(C(=O)OC)cc(CC#N)cc1C(=O)OC. The molecule has 2 aromatic heterocycles. The minimum atomic E-state index is -0.638. The summed E-state index contributed by atoms with van der Waals surface area (Å²) in [6.45, 7) is 3.84. The monoisotopic (exact) mass is 392 g/mol. The molecule has 0 saturated carbocycles. The second-order valence-corrected chi connectivity index (χ2v) is 6.37. The number of carbonyl (C=O) groups excluding carboxylic acids is 2. The highest BCUT2D eigenvalue weighted by atomic mass is 16.5. The van der Waals surface area contributed by atoms with E-state index >= 15 is 0 Å². The first-order valence-electron chi connectivity index (χ1n) is 9.00. The second-order valence-electron chi connectivity index (χ2n) is 6.37. The molecule has 3 rings (SSSR count). The Morgan fingerprint density at radius 2 is 1.79 bits per heavy atom. The number of fused-ring (bicyclic) bond motifs is 1. The van der Waals surface area contributed by atoms with Crippen LogP contribution in [-0.4, -0.2) is 40.7 Å². The number of carbonyl (C=O) groups is 2. The maximum atomic E-state index is 12.6. The van der Waals surface area contributed by atoms with Gasteiger partial charge in [0.05, 0.1) is 43.5 Å². The van der Waals surface area contributed by atoms with Gasteiger partial charge in [-0.2, -0.15) is 5.26 Å². The highest BCUT2D eigenvalue weighted by Gasteiger charge is 2.27. The number of imidazole rings is 1. The van der Waals surface area contributed by atoms with Gasteiger partial charge in [0.2, 0.25) is 0 Å². The number of methoxy groups -OCH3 is 2. The van der Waals surface area contributed by atoms with Gasteiger partial charge in [-0.3, -0.25) is 4.57 Å². The van der Waals surface area contributed by atoms with Crippen molar-refractivity contribution in [2.24, 2.45) is 0 Å². The standard InChI is InChI=1S/C21H20N4O4/c1-5-16-24-17-12(2)7-9-23-19(17)25(16)18-14(20(26)28-3)10-13(6-8-22)11-15(18)21(27)29-4/h7,9-11H,5-6H2,1-4H3. The number of rotatable bonds is 5. The molecule has 8 nitrogen and oxygen atoms in total. The van der Waals surface area contributed by atoms with E-state index in [-0.39, 0.29) is 23.2 Å². The van der Waals surface area contributed by atoms with Crippen LogP contribution in [0, 0.1) is 18.3 Å². The summed E-state index contributed by atoms with van der Waals surface area (Å²) in [5, 5.41) is 9.09. The Labute approximate surface area is 167 Å². The van der Waals surface area contributed by atoms with Crippen LogP contribution in [-0.2, 0) is 22.3 Å². The zero-order chi connectivity index (χ0) is 21.1. The van der Waals surface area contributed by atoms with Crippen LogP contribution in [0.25, 0.3) is 16.9 Å². The largest absolute Gasteiger partial charge is 0.465 e. The predicted molar refractivity (Wildman–Crippen MR) is 105 cm³/mol. The summed E-state index contributed by atoms with van der Waals surface area (Å²) in [6.07, 6.45) is 2.21. The van der Waals surface area contributed by atoms with Gasteiger partial charge in [-0.15, -0.1) is 0 Å². The number of nitriles is 1. The van der Waals surface area contributed by atoms with Gasteiger partial charge in [0.1, 0.15) is 11.3 Å². The van der Waals surface area contributed by atoms with Gasteiger partial charge in [0, 0.05) is 12.6 Å². The summed E-state index contributed by atoms with van der Waals surface area (Å²) >= 11 is 0. The van der Waals surface area contributed by atoms with E-state index in [0.29, 0.717) is 29.0 Å². The molecule has 2 heterocycles. The van der Waals surface area contributed by atoms with Crippen LogP contribution in [0.3, 0.4) is 0 Å². The van der Waals surface area contributed by atoms with E-state index in [0.717, 1.165) is 5.56 Å². The van der Waals surface area contributed by atoms with Crippen molar-refractivity contribution in [1.82, 2.24) is 14.5 Å². The second kappa shape index (κ2) is 8.10. The predicted octanol–water partition coefficient (Wildman–Crippen LogP) is 2.93. The fourth-order valence-corrected chi connectivity index (χ4v) is 3.27. The van der Waals surface area contributed by atoms with Crippen LogP contribution >= 0.6 is 0 Å². The van der Waals surface area contributed by atoms with Crippen molar-refractivity contribution in [2.75, 3.05) is 14.2 Å². The van der Waals surface area contributed by atoms with Gasteiger partial charge in [-0.25, -0.2) is 19.6 Å². The number of ether oxygens (including phenoxy) is 2. The molecule has 0 bridgehead atoms. The zero-order valence-corrected chi connectivity index (χ0v) is 16.6. The first-order chi connectivity index (χ1) is 14.0. The molecular weight excluding hydrogens is 372 g/mol. The first-order valence-corrected chi connectivity index (χ1v) is 9.00. The molecule has 0 fully saturated rings. The van der Waals surface area contributed by atoms with E-state index in [4.69, 9.17) is 14.7 Å². The van der Waals surface area contributed by atoms with E-state index < -0.39 is 11.9 Å². The summed E-state index contributed by atoms with van der Waals surface area (Å²) in [7, 11) is 2.52. The zero-order valence-electron chi connectivity index (χ0n) is 16.6. The fraction of sp³-hybridized carbons (Fsp3) is 0.286. The molecule has 1 aromatic carbocycles. The number of esters is 2. The van der Waals surface area contributed by atoms with Crippen molar-refractivity contribution in [2.45, 2.75) is 26.7 Å². The van der Waals surface area contributed by atoms with Gasteiger partial charge < -0.3 is 9.47 Å². The minimum Gasteiger partial charge on any atom is -0.465 e. The maximum absolute atomic E-state index is 12.6. The van der Waals surface area contributed by atoms with Gasteiger partial charge >= 0.3 is 11.9 Å². The topological polar surface area (TPSA) is 107 Å². The van der Waals surface area contributed by atoms with Gasteiger partial charge in [-0.05, 0) is 36.2 Å². The van der Waals surface area contributed by atoms with E-state index in [2.05, 4.69) is 9.97 Å². The Kier molecular flexibility index (Phi) is 5.59. The minimum absolute atomic E-state index is 0.0247. The van der Waals surface area contributed by atoms with Crippen molar-refractivity contribution in [3.8, 4) is 11.8 Å². The summed E-state index contributed by atoms with van der Waals surface area (Å²) in [5.74, 6) is -0.645. The third kappa shape index (κ3) is 3.43. The van der Waals surface area contributed by atoms with Crippen molar-refractivity contribution >= 4 is 23.1 Å². The first kappa shape index (κ1) is 20.0. The smallest absolute Gasteiger partial charge is 0.340 e. The van der Waals surface area contributed by atoms with Crippen LogP contribution in [0.15, 0.2) is 24.4 Å². The number of benzene rings is 1. The van der Waals surface area contributed by atoms with Crippen molar-refractivity contribution < 1.29 is 19.1 Å². The van der Waals surface area contributed by atoms with Crippen LogP contribution in [0.1, 0.15) is 44.6 Å². The van der Waals surface area contributed by atoms with E-state index in [1.54, 1.807) is 22.9 Å². The number of hydrogen-bond acceptors (Lipinski definition) is 7. The Morgan fingerprint density at radius 1 is 1.17 bits per heavy atom. The van der Waals surface area contributed by atoms with Crippen molar-refractivity contribution in [3.63, 3.8) is 0 Å². The van der Waals surface area contributed by atoms with Crippen LogP contribution in [0.5, 0.6) is 0 Å². The maximum Gasteiger partial charge on any atom is 0.340 e. The van der Waals surface area contributed by atoms with Gasteiger partial charge in [0.25, 0.3) is 0 Å². The lowest BCUT2D eigenvalue weighted by molar-refractivity contribution is 0.0599. The molecule has 0 aliphatic rings. The molecular formula is C21H20N4O4. The molecule has 0 spiro atoms. The van der Waals surface area contributed by atoms with Crippen molar-refractivity contribution in [1.29, 1.82) is 5.26 Å². The van der Waals surface area contributed by atoms with Gasteiger partial charge in [-0.1, -0.05) is 6.92 Å². The summed E-state index contributed by atoms with van der Waals surface area (Å²) in [6, 6.07) is 6.98. The summed E-state index contributed by atoms with van der Waals surface area (Å²) < 4.78 is 11.6. The Hall–Kier alpha value is -3.73. The molecule has 0 amide bonds. The number of nitrogens with zero attached hydrogens (tertiary/aromatic N) is 4. The molecule has 148 valence electrons. The number of hydrogen-bond donors (Lipinski definition) is 0. The molecule has 0 saturated heterocycles. The average molecular weight is 392 g/mol. The fourth-order valence-electron chi connectivity index (χ4n) is 3.27. The molecule has 29 heavy (non-hydrogen) atoms. The third-order valence-corrected chi connectivity index (χ3v) is 4.62. The lowest BCUT2D eigenvalue weighted by atomic mass is 10.00. The third-order valence-electron chi connectivity index (χ3n) is 4.62. The normalized spacial score (nSPS) is 10.6. The molecule has 3 aromatic rings. The van der Waals surface area contributed by atoms with E-state index in [1.165, 1.54) is 14.2 Å². The highest BCUT2D eigenvalue weighted by Crippen LogP contribution is 2.30. The molecule has 8 heteroatoms. The molecule has 0 atom stereocenters. The number of pyridine rings is 1. The molecule has 0 unspecified atom stereocenters. The number of aromatic nitrogens is 3. The van der Waals surface area contributed by atoms with Crippen LogP contribution in [0.4, 0.5) is 0 Å². The summed E-state index contributed by atoms with van der Waals surface area (Å²) in [4.78, 5) is 34.4. The molecule has 0 radical (unpaired) electrons. The summed E-state index contributed by atoms with van der Waals surface area (Å²) in [5.41, 5.74) is 3.17. The van der Waals surface area contributed by atoms with Crippen LogP contribution in [0.2, 0.25) is 0 Å². The Bertz CT molecular complexity index is 1120. The van der Waals surface area contributed by atoms with E-state index in [1.807, 2.05) is 26.0 Å². The Balaban J connectivity index is 2.50. The van der Waals surface area contributed by atoms with E-state index in [9.17, 15) is 9.59 Å². The van der Waals surface area contributed by atoms with Crippen molar-refractivity contribution in [3.05, 3.63) is 52.5 Å². The van der Waals surface area contributed by atoms with Crippen LogP contribution < -0.4 is 0 Å².